The van der Waals surface area contributed by atoms with Crippen molar-refractivity contribution in [2.75, 3.05) is 0 Å². The van der Waals surface area contributed by atoms with E-state index in [1.807, 2.05) is 12.1 Å². The summed E-state index contributed by atoms with van der Waals surface area (Å²) in [7, 11) is 0. The van der Waals surface area contributed by atoms with Gasteiger partial charge in [-0.15, -0.1) is 0 Å². The lowest BCUT2D eigenvalue weighted by Gasteiger charge is -2.22. The minimum atomic E-state index is 0.00515. The third-order valence-electron chi connectivity index (χ3n) is 5.96. The molecule has 0 fully saturated rings. The SMILES string of the molecule is CC1(C)c2cc(Cc3ccccc3Cl)ccc2-c2cc3ccccc3cc21. The van der Waals surface area contributed by atoms with E-state index < -0.39 is 0 Å². The fourth-order valence-electron chi connectivity index (χ4n) is 4.44. The summed E-state index contributed by atoms with van der Waals surface area (Å²) in [5.41, 5.74) is 8.07. The van der Waals surface area contributed by atoms with Crippen LogP contribution in [0, 0.1) is 0 Å². The van der Waals surface area contributed by atoms with Gasteiger partial charge in [0.25, 0.3) is 0 Å². The van der Waals surface area contributed by atoms with Crippen molar-refractivity contribution in [2.45, 2.75) is 25.7 Å². The Bertz CT molecular complexity index is 1180. The van der Waals surface area contributed by atoms with Gasteiger partial charge in [0.05, 0.1) is 0 Å². The first-order valence-electron chi connectivity index (χ1n) is 9.44. The highest BCUT2D eigenvalue weighted by atomic mass is 35.5. The highest BCUT2D eigenvalue weighted by Crippen LogP contribution is 2.50. The van der Waals surface area contributed by atoms with Crippen molar-refractivity contribution in [3.63, 3.8) is 0 Å². The molecule has 1 heteroatoms. The average Bonchev–Trinajstić information content (AvgIpc) is 2.89. The summed E-state index contributed by atoms with van der Waals surface area (Å²) in [6.07, 6.45) is 0.862. The first kappa shape index (κ1) is 16.6. The highest BCUT2D eigenvalue weighted by Gasteiger charge is 2.35. The van der Waals surface area contributed by atoms with Crippen LogP contribution in [0.2, 0.25) is 5.02 Å². The maximum Gasteiger partial charge on any atom is 0.0441 e. The molecule has 0 spiro atoms. The lowest BCUT2D eigenvalue weighted by atomic mass is 9.81. The number of rotatable bonds is 2. The van der Waals surface area contributed by atoms with Crippen molar-refractivity contribution in [2.24, 2.45) is 0 Å². The summed E-state index contributed by atoms with van der Waals surface area (Å²) in [5, 5.41) is 3.46. The Morgan fingerprint density at radius 2 is 1.37 bits per heavy atom. The number of halogens is 1. The second-order valence-corrected chi connectivity index (χ2v) is 8.43. The topological polar surface area (TPSA) is 0 Å². The summed E-state index contributed by atoms with van der Waals surface area (Å²) in [4.78, 5) is 0. The molecule has 0 atom stereocenters. The van der Waals surface area contributed by atoms with Crippen LogP contribution in [0.1, 0.15) is 36.1 Å². The van der Waals surface area contributed by atoms with Crippen LogP contribution in [0.15, 0.2) is 78.9 Å². The molecule has 0 aromatic heterocycles. The Hall–Kier alpha value is -2.57. The van der Waals surface area contributed by atoms with Crippen LogP contribution < -0.4 is 0 Å². The Morgan fingerprint density at radius 1 is 0.704 bits per heavy atom. The lowest BCUT2D eigenvalue weighted by Crippen LogP contribution is -2.15. The number of fused-ring (bicyclic) bond motifs is 4. The van der Waals surface area contributed by atoms with Gasteiger partial charge < -0.3 is 0 Å². The van der Waals surface area contributed by atoms with Crippen LogP contribution in [0.25, 0.3) is 21.9 Å². The second kappa shape index (κ2) is 5.97. The molecule has 1 aliphatic carbocycles. The zero-order valence-electron chi connectivity index (χ0n) is 15.6. The van der Waals surface area contributed by atoms with E-state index in [1.54, 1.807) is 0 Å². The standard InChI is InChI=1S/C26H21Cl/c1-26(2)23-14-17(13-20-9-5-6-10-25(20)27)11-12-21(23)22-15-18-7-3-4-8-19(18)16-24(22)26/h3-12,14-16H,13H2,1-2H3. The van der Waals surface area contributed by atoms with Gasteiger partial charge in [0.15, 0.2) is 0 Å². The summed E-state index contributed by atoms with van der Waals surface area (Å²) < 4.78 is 0. The molecule has 0 N–H and O–H groups in total. The molecule has 4 aromatic carbocycles. The zero-order valence-corrected chi connectivity index (χ0v) is 16.3. The molecule has 0 radical (unpaired) electrons. The van der Waals surface area contributed by atoms with Crippen molar-refractivity contribution in [1.82, 2.24) is 0 Å². The number of hydrogen-bond acceptors (Lipinski definition) is 0. The summed E-state index contributed by atoms with van der Waals surface area (Å²) in [6.45, 7) is 4.68. The Kier molecular flexibility index (Phi) is 3.67. The van der Waals surface area contributed by atoms with Gasteiger partial charge in [-0.3, -0.25) is 0 Å². The Labute approximate surface area is 165 Å². The first-order valence-corrected chi connectivity index (χ1v) is 9.82. The normalized spacial score (nSPS) is 14.2. The van der Waals surface area contributed by atoms with Crippen LogP contribution in [0.4, 0.5) is 0 Å². The van der Waals surface area contributed by atoms with Gasteiger partial charge >= 0.3 is 0 Å². The van der Waals surface area contributed by atoms with Gasteiger partial charge in [-0.25, -0.2) is 0 Å². The molecule has 4 aromatic rings. The molecule has 0 amide bonds. The maximum absolute atomic E-state index is 6.38. The predicted molar refractivity (Wildman–Crippen MR) is 116 cm³/mol. The third kappa shape index (κ3) is 2.59. The first-order chi connectivity index (χ1) is 13.0. The van der Waals surface area contributed by atoms with Gasteiger partial charge in [0.2, 0.25) is 0 Å². The van der Waals surface area contributed by atoms with E-state index in [-0.39, 0.29) is 5.41 Å². The summed E-state index contributed by atoms with van der Waals surface area (Å²) >= 11 is 6.38. The molecule has 0 nitrogen and oxygen atoms in total. The predicted octanol–water partition coefficient (Wildman–Crippen LogP) is 7.39. The van der Waals surface area contributed by atoms with Crippen LogP contribution in [-0.4, -0.2) is 0 Å². The van der Waals surface area contributed by atoms with Crippen LogP contribution in [0.5, 0.6) is 0 Å². The Balaban J connectivity index is 1.64. The van der Waals surface area contributed by atoms with Gasteiger partial charge in [-0.05, 0) is 68.8 Å². The summed E-state index contributed by atoms with van der Waals surface area (Å²) in [5.74, 6) is 0. The van der Waals surface area contributed by atoms with E-state index in [0.29, 0.717) is 0 Å². The van der Waals surface area contributed by atoms with Gasteiger partial charge in [0.1, 0.15) is 0 Å². The molecule has 1 aliphatic rings. The summed E-state index contributed by atoms with van der Waals surface area (Å²) in [6, 6.07) is 28.4. The molecule has 5 rings (SSSR count). The highest BCUT2D eigenvalue weighted by molar-refractivity contribution is 6.31. The molecule has 0 aliphatic heterocycles. The largest absolute Gasteiger partial charge is 0.0840 e. The van der Waals surface area contributed by atoms with Gasteiger partial charge in [0, 0.05) is 10.4 Å². The van der Waals surface area contributed by atoms with Crippen molar-refractivity contribution < 1.29 is 0 Å². The van der Waals surface area contributed by atoms with Crippen molar-refractivity contribution in [3.05, 3.63) is 106 Å². The molecule has 0 unspecified atom stereocenters. The van der Waals surface area contributed by atoms with Crippen molar-refractivity contribution in [1.29, 1.82) is 0 Å². The van der Waals surface area contributed by atoms with Crippen LogP contribution in [0.3, 0.4) is 0 Å². The Morgan fingerprint density at radius 3 is 2.15 bits per heavy atom. The molecular formula is C26H21Cl. The number of benzene rings is 4. The molecule has 0 saturated heterocycles. The fourth-order valence-corrected chi connectivity index (χ4v) is 4.64. The van der Waals surface area contributed by atoms with Crippen molar-refractivity contribution in [3.8, 4) is 11.1 Å². The fraction of sp³-hybridized carbons (Fsp3) is 0.154. The van der Waals surface area contributed by atoms with E-state index in [2.05, 4.69) is 80.6 Å². The lowest BCUT2D eigenvalue weighted by molar-refractivity contribution is 0.660. The van der Waals surface area contributed by atoms with E-state index in [4.69, 9.17) is 11.6 Å². The van der Waals surface area contributed by atoms with Crippen LogP contribution in [-0.2, 0) is 11.8 Å². The minimum absolute atomic E-state index is 0.00515. The molecule has 132 valence electrons. The minimum Gasteiger partial charge on any atom is -0.0840 e. The van der Waals surface area contributed by atoms with E-state index in [9.17, 15) is 0 Å². The molecule has 27 heavy (non-hydrogen) atoms. The molecule has 0 heterocycles. The van der Waals surface area contributed by atoms with E-state index in [0.717, 1.165) is 11.4 Å². The molecule has 0 saturated carbocycles. The maximum atomic E-state index is 6.38. The zero-order chi connectivity index (χ0) is 18.6. The quantitative estimate of drug-likeness (QED) is 0.346. The van der Waals surface area contributed by atoms with Gasteiger partial charge in [-0.2, -0.15) is 0 Å². The average molecular weight is 369 g/mol. The van der Waals surface area contributed by atoms with Crippen molar-refractivity contribution >= 4 is 22.4 Å². The van der Waals surface area contributed by atoms with E-state index >= 15 is 0 Å². The third-order valence-corrected chi connectivity index (χ3v) is 6.33. The molecular weight excluding hydrogens is 348 g/mol. The second-order valence-electron chi connectivity index (χ2n) is 8.02. The van der Waals surface area contributed by atoms with E-state index in [1.165, 1.54) is 44.2 Å². The number of hydrogen-bond donors (Lipinski definition) is 0. The van der Waals surface area contributed by atoms with Crippen LogP contribution >= 0.6 is 11.6 Å². The smallest absolute Gasteiger partial charge is 0.0441 e. The van der Waals surface area contributed by atoms with Gasteiger partial charge in [-0.1, -0.05) is 86.1 Å². The molecule has 0 bridgehead atoms. The monoisotopic (exact) mass is 368 g/mol.